The highest BCUT2D eigenvalue weighted by Gasteiger charge is 2.21. The zero-order valence-electron chi connectivity index (χ0n) is 15.7. The Morgan fingerprint density at radius 3 is 2.76 bits per heavy atom. The molecule has 25 heavy (non-hydrogen) atoms. The van der Waals surface area contributed by atoms with E-state index >= 15 is 0 Å². The Morgan fingerprint density at radius 1 is 1.28 bits per heavy atom. The molecule has 0 N–H and O–H groups in total. The summed E-state index contributed by atoms with van der Waals surface area (Å²) >= 11 is 0. The van der Waals surface area contributed by atoms with Crippen molar-refractivity contribution in [2.45, 2.75) is 52.2 Å². The van der Waals surface area contributed by atoms with Gasteiger partial charge >= 0.3 is 0 Å². The lowest BCUT2D eigenvalue weighted by Crippen LogP contribution is -2.34. The van der Waals surface area contributed by atoms with Gasteiger partial charge in [0.25, 0.3) is 0 Å². The molecule has 0 radical (unpaired) electrons. The summed E-state index contributed by atoms with van der Waals surface area (Å²) in [7, 11) is 2.03. The number of aryl methyl sites for hydroxylation is 1. The third-order valence-corrected chi connectivity index (χ3v) is 5.20. The van der Waals surface area contributed by atoms with E-state index in [9.17, 15) is 0 Å². The summed E-state index contributed by atoms with van der Waals surface area (Å²) in [5, 5.41) is 8.21. The molecular weight excluding hydrogens is 312 g/mol. The van der Waals surface area contributed by atoms with Gasteiger partial charge in [-0.05, 0) is 62.9 Å². The molecule has 0 spiro atoms. The number of aromatic nitrogens is 3. The number of rotatable bonds is 7. The topological polar surface area (TPSA) is 43.2 Å². The number of benzene rings is 1. The molecule has 5 nitrogen and oxygen atoms in total. The molecule has 0 bridgehead atoms. The predicted molar refractivity (Wildman–Crippen MR) is 99.5 cm³/mol. The summed E-state index contributed by atoms with van der Waals surface area (Å²) < 4.78 is 7.98. The maximum atomic E-state index is 5.95. The van der Waals surface area contributed by atoms with E-state index in [1.54, 1.807) is 6.33 Å². The van der Waals surface area contributed by atoms with Crippen molar-refractivity contribution in [1.29, 1.82) is 0 Å². The van der Waals surface area contributed by atoms with Gasteiger partial charge in [0.05, 0.1) is 6.10 Å². The van der Waals surface area contributed by atoms with E-state index in [1.165, 1.54) is 18.4 Å². The molecule has 1 fully saturated rings. The van der Waals surface area contributed by atoms with Gasteiger partial charge in [-0.15, -0.1) is 10.2 Å². The molecule has 0 amide bonds. The fraction of sp³-hybridized carbons (Fsp3) is 0.600. The fourth-order valence-corrected chi connectivity index (χ4v) is 3.39. The molecular formula is C20H30N4O. The van der Waals surface area contributed by atoms with Crippen molar-refractivity contribution in [1.82, 2.24) is 19.7 Å². The zero-order valence-corrected chi connectivity index (χ0v) is 15.7. The van der Waals surface area contributed by atoms with E-state index in [0.717, 1.165) is 50.0 Å². The molecule has 1 aliphatic rings. The van der Waals surface area contributed by atoms with Crippen molar-refractivity contribution in [2.75, 3.05) is 13.1 Å². The highest BCUT2D eigenvalue weighted by atomic mass is 16.5. The van der Waals surface area contributed by atoms with Crippen LogP contribution in [0.1, 0.15) is 44.5 Å². The highest BCUT2D eigenvalue weighted by Crippen LogP contribution is 2.23. The largest absolute Gasteiger partial charge is 0.491 e. The van der Waals surface area contributed by atoms with E-state index in [-0.39, 0.29) is 6.10 Å². The van der Waals surface area contributed by atoms with E-state index in [1.807, 2.05) is 11.6 Å². The van der Waals surface area contributed by atoms with E-state index in [0.29, 0.717) is 0 Å². The minimum atomic E-state index is 0.270. The molecule has 0 saturated carbocycles. The molecule has 1 saturated heterocycles. The van der Waals surface area contributed by atoms with Crippen molar-refractivity contribution >= 4 is 0 Å². The minimum absolute atomic E-state index is 0.270. The smallest absolute Gasteiger partial charge is 0.132 e. The molecule has 5 heteroatoms. The first-order chi connectivity index (χ1) is 12.1. The van der Waals surface area contributed by atoms with Gasteiger partial charge in [-0.25, -0.2) is 0 Å². The van der Waals surface area contributed by atoms with Gasteiger partial charge in [-0.3, -0.25) is 4.90 Å². The minimum Gasteiger partial charge on any atom is -0.491 e. The average Bonchev–Trinajstić information content (AvgIpc) is 3.02. The Bertz CT molecular complexity index is 661. The first kappa shape index (κ1) is 17.9. The Labute approximate surface area is 151 Å². The van der Waals surface area contributed by atoms with Gasteiger partial charge in [0.2, 0.25) is 0 Å². The monoisotopic (exact) mass is 342 g/mol. The van der Waals surface area contributed by atoms with Crippen LogP contribution in [0, 0.1) is 5.92 Å². The fourth-order valence-electron chi connectivity index (χ4n) is 3.39. The van der Waals surface area contributed by atoms with E-state index in [2.05, 4.69) is 53.2 Å². The van der Waals surface area contributed by atoms with Gasteiger partial charge in [0, 0.05) is 20.0 Å². The van der Waals surface area contributed by atoms with Crippen molar-refractivity contribution in [3.8, 4) is 5.75 Å². The first-order valence-electron chi connectivity index (χ1n) is 9.45. The number of piperidine rings is 1. The number of ether oxygens (including phenoxy) is 1. The molecule has 2 heterocycles. The van der Waals surface area contributed by atoms with Crippen molar-refractivity contribution in [2.24, 2.45) is 13.0 Å². The van der Waals surface area contributed by atoms with Gasteiger partial charge in [-0.2, -0.15) is 0 Å². The van der Waals surface area contributed by atoms with Crippen LogP contribution in [-0.4, -0.2) is 38.9 Å². The normalized spacial score (nSPS) is 17.6. The lowest BCUT2D eigenvalue weighted by atomic mass is 9.93. The van der Waals surface area contributed by atoms with Crippen molar-refractivity contribution in [3.63, 3.8) is 0 Å². The van der Waals surface area contributed by atoms with E-state index < -0.39 is 0 Å². The van der Waals surface area contributed by atoms with Gasteiger partial charge in [0.1, 0.15) is 17.9 Å². The average molecular weight is 342 g/mol. The Kier molecular flexibility index (Phi) is 6.08. The summed E-state index contributed by atoms with van der Waals surface area (Å²) in [6, 6.07) is 8.56. The number of hydrogen-bond donors (Lipinski definition) is 0. The molecule has 3 rings (SSSR count). The Balaban J connectivity index is 1.49. The summed E-state index contributed by atoms with van der Waals surface area (Å²) in [4.78, 5) is 2.55. The molecule has 1 unspecified atom stereocenters. The summed E-state index contributed by atoms with van der Waals surface area (Å²) in [5.41, 5.74) is 1.34. The van der Waals surface area contributed by atoms with Crippen LogP contribution in [0.5, 0.6) is 5.75 Å². The first-order valence-corrected chi connectivity index (χ1v) is 9.45. The summed E-state index contributed by atoms with van der Waals surface area (Å²) in [5.74, 6) is 2.82. The van der Waals surface area contributed by atoms with Crippen LogP contribution in [0.4, 0.5) is 0 Å². The Hall–Kier alpha value is -1.88. The Morgan fingerprint density at radius 2 is 2.08 bits per heavy atom. The molecule has 1 aromatic heterocycles. The molecule has 2 aromatic rings. The SMILES string of the molecule is CCC(C)Oc1cccc(CN2CCC(Cc3nncn3C)CC2)c1. The molecule has 0 aliphatic carbocycles. The number of likely N-dealkylation sites (tertiary alicyclic amines) is 1. The standard InChI is InChI=1S/C20H30N4O/c1-4-16(2)25-19-7-5-6-18(12-19)14-24-10-8-17(9-11-24)13-20-22-21-15-23(20)3/h5-7,12,15-17H,4,8-11,13-14H2,1-3H3. The lowest BCUT2D eigenvalue weighted by Gasteiger charge is -2.31. The molecule has 1 aromatic carbocycles. The lowest BCUT2D eigenvalue weighted by molar-refractivity contribution is 0.175. The van der Waals surface area contributed by atoms with E-state index in [4.69, 9.17) is 4.74 Å². The summed E-state index contributed by atoms with van der Waals surface area (Å²) in [6.07, 6.45) is 6.60. The van der Waals surface area contributed by atoms with Crippen LogP contribution < -0.4 is 4.74 Å². The highest BCUT2D eigenvalue weighted by molar-refractivity contribution is 5.28. The van der Waals surface area contributed by atoms with Crippen molar-refractivity contribution < 1.29 is 4.74 Å². The van der Waals surface area contributed by atoms with Crippen molar-refractivity contribution in [3.05, 3.63) is 42.0 Å². The maximum Gasteiger partial charge on any atom is 0.132 e. The van der Waals surface area contributed by atoms with Crippen LogP contribution in [0.3, 0.4) is 0 Å². The second kappa shape index (κ2) is 8.48. The quantitative estimate of drug-likeness (QED) is 0.773. The second-order valence-electron chi connectivity index (χ2n) is 7.27. The van der Waals surface area contributed by atoms with Crippen LogP contribution in [0.25, 0.3) is 0 Å². The summed E-state index contributed by atoms with van der Waals surface area (Å²) in [6.45, 7) is 7.58. The van der Waals surface area contributed by atoms with Gasteiger partial charge in [-0.1, -0.05) is 19.1 Å². The van der Waals surface area contributed by atoms with Crippen LogP contribution in [0.2, 0.25) is 0 Å². The van der Waals surface area contributed by atoms with Gasteiger partial charge < -0.3 is 9.30 Å². The maximum absolute atomic E-state index is 5.95. The third kappa shape index (κ3) is 5.05. The number of nitrogens with zero attached hydrogens (tertiary/aromatic N) is 4. The van der Waals surface area contributed by atoms with Crippen LogP contribution >= 0.6 is 0 Å². The predicted octanol–water partition coefficient (Wildman–Crippen LogP) is 3.45. The number of hydrogen-bond acceptors (Lipinski definition) is 4. The molecule has 1 aliphatic heterocycles. The molecule has 1 atom stereocenters. The molecule has 136 valence electrons. The zero-order chi connectivity index (χ0) is 17.6. The second-order valence-corrected chi connectivity index (χ2v) is 7.27. The van der Waals surface area contributed by atoms with Gasteiger partial charge in [0.15, 0.2) is 0 Å². The third-order valence-electron chi connectivity index (χ3n) is 5.20. The van der Waals surface area contributed by atoms with Crippen LogP contribution in [0.15, 0.2) is 30.6 Å². The van der Waals surface area contributed by atoms with Crippen LogP contribution in [-0.2, 0) is 20.0 Å².